The lowest BCUT2D eigenvalue weighted by molar-refractivity contribution is -0.162. The van der Waals surface area contributed by atoms with Crippen molar-refractivity contribution in [1.29, 1.82) is 0 Å². The lowest BCUT2D eigenvalue weighted by Gasteiger charge is -2.46. The fourth-order valence-corrected chi connectivity index (χ4v) is 2.78. The Bertz CT molecular complexity index is 682. The van der Waals surface area contributed by atoms with Gasteiger partial charge in [0.1, 0.15) is 17.5 Å². The Morgan fingerprint density at radius 1 is 1.09 bits per heavy atom. The molecule has 3 rings (SSSR count). The van der Waals surface area contributed by atoms with Crippen LogP contribution in [0.3, 0.4) is 0 Å². The molecule has 1 heterocycles. The minimum Gasteiger partial charge on any atom is -0.497 e. The summed E-state index contributed by atoms with van der Waals surface area (Å²) in [6.07, 6.45) is 1.22. The van der Waals surface area contributed by atoms with Gasteiger partial charge >= 0.3 is 0 Å². The number of benzene rings is 2. The minimum atomic E-state index is -0.509. The maximum absolute atomic E-state index is 12.4. The van der Waals surface area contributed by atoms with Gasteiger partial charge in [-0.1, -0.05) is 36.4 Å². The molecular formula is C19H19NO3. The van der Waals surface area contributed by atoms with Crippen LogP contribution in [0.2, 0.25) is 0 Å². The molecule has 118 valence electrons. The quantitative estimate of drug-likeness (QED) is 0.607. The molecule has 1 aliphatic heterocycles. The van der Waals surface area contributed by atoms with E-state index >= 15 is 0 Å². The van der Waals surface area contributed by atoms with Crippen molar-refractivity contribution in [3.8, 4) is 11.5 Å². The first-order valence-corrected chi connectivity index (χ1v) is 7.51. The number of amides is 1. The zero-order valence-electron chi connectivity index (χ0n) is 13.0. The van der Waals surface area contributed by atoms with Gasteiger partial charge in [-0.25, -0.2) is 0 Å². The van der Waals surface area contributed by atoms with Gasteiger partial charge in [0.15, 0.2) is 0 Å². The highest BCUT2D eigenvalue weighted by Crippen LogP contribution is 2.38. The van der Waals surface area contributed by atoms with Crippen LogP contribution in [0.15, 0.2) is 67.3 Å². The van der Waals surface area contributed by atoms with Gasteiger partial charge in [-0.2, -0.15) is 0 Å². The van der Waals surface area contributed by atoms with Crippen molar-refractivity contribution >= 4 is 5.91 Å². The van der Waals surface area contributed by atoms with Crippen molar-refractivity contribution in [3.05, 3.63) is 72.8 Å². The summed E-state index contributed by atoms with van der Waals surface area (Å²) < 4.78 is 11.1. The maximum atomic E-state index is 12.4. The Hall–Kier alpha value is -2.75. The van der Waals surface area contributed by atoms with Crippen molar-refractivity contribution in [2.45, 2.75) is 12.1 Å². The Morgan fingerprint density at radius 2 is 1.78 bits per heavy atom. The van der Waals surface area contributed by atoms with E-state index in [0.717, 1.165) is 11.3 Å². The van der Waals surface area contributed by atoms with Crippen LogP contribution in [0.5, 0.6) is 11.5 Å². The third-order valence-electron chi connectivity index (χ3n) is 3.94. The molecule has 2 atom stereocenters. The van der Waals surface area contributed by atoms with Gasteiger partial charge in [0, 0.05) is 6.54 Å². The van der Waals surface area contributed by atoms with Gasteiger partial charge in [0.25, 0.3) is 5.91 Å². The van der Waals surface area contributed by atoms with Gasteiger partial charge in [-0.15, -0.1) is 6.58 Å². The summed E-state index contributed by atoms with van der Waals surface area (Å²) in [6, 6.07) is 17.0. The van der Waals surface area contributed by atoms with E-state index in [1.807, 2.05) is 54.6 Å². The number of methoxy groups -OCH3 is 1. The van der Waals surface area contributed by atoms with Crippen molar-refractivity contribution in [1.82, 2.24) is 4.90 Å². The zero-order valence-corrected chi connectivity index (χ0v) is 13.0. The van der Waals surface area contributed by atoms with Gasteiger partial charge in [0.2, 0.25) is 6.10 Å². The SMILES string of the molecule is C=CCN1C(=O)[C@@H](Oc2ccccc2)[C@H]1c1ccc(OC)cc1. The summed E-state index contributed by atoms with van der Waals surface area (Å²) in [6.45, 7) is 4.23. The second-order valence-electron chi connectivity index (χ2n) is 5.35. The van der Waals surface area contributed by atoms with Gasteiger partial charge in [-0.3, -0.25) is 4.79 Å². The van der Waals surface area contributed by atoms with Crippen LogP contribution in [0.4, 0.5) is 0 Å². The van der Waals surface area contributed by atoms with E-state index < -0.39 is 6.10 Å². The Kier molecular flexibility index (Phi) is 4.33. The zero-order chi connectivity index (χ0) is 16.2. The molecule has 1 aliphatic rings. The van der Waals surface area contributed by atoms with Gasteiger partial charge in [0.05, 0.1) is 7.11 Å². The fourth-order valence-electron chi connectivity index (χ4n) is 2.78. The average Bonchev–Trinajstić information content (AvgIpc) is 2.61. The number of ether oxygens (including phenoxy) is 2. The first kappa shape index (κ1) is 15.2. The summed E-state index contributed by atoms with van der Waals surface area (Å²) in [5, 5.41) is 0. The van der Waals surface area contributed by atoms with E-state index in [0.29, 0.717) is 12.3 Å². The number of likely N-dealkylation sites (tertiary alicyclic amines) is 1. The monoisotopic (exact) mass is 309 g/mol. The average molecular weight is 309 g/mol. The molecule has 0 aromatic heterocycles. The van der Waals surface area contributed by atoms with Crippen LogP contribution in [0.25, 0.3) is 0 Å². The molecule has 0 N–H and O–H groups in total. The van der Waals surface area contributed by atoms with E-state index in [1.165, 1.54) is 0 Å². The van der Waals surface area contributed by atoms with Gasteiger partial charge < -0.3 is 14.4 Å². The molecule has 2 aromatic rings. The highest BCUT2D eigenvalue weighted by Gasteiger charge is 2.49. The highest BCUT2D eigenvalue weighted by atomic mass is 16.5. The topological polar surface area (TPSA) is 38.8 Å². The van der Waals surface area contributed by atoms with E-state index in [2.05, 4.69) is 6.58 Å². The predicted molar refractivity (Wildman–Crippen MR) is 88.5 cm³/mol. The summed E-state index contributed by atoms with van der Waals surface area (Å²) in [7, 11) is 1.63. The van der Waals surface area contributed by atoms with E-state index in [9.17, 15) is 4.79 Å². The molecule has 0 unspecified atom stereocenters. The smallest absolute Gasteiger partial charge is 0.267 e. The normalized spacial score (nSPS) is 19.9. The molecular weight excluding hydrogens is 290 g/mol. The third kappa shape index (κ3) is 2.93. The number of hydrogen-bond acceptors (Lipinski definition) is 3. The lowest BCUT2D eigenvalue weighted by atomic mass is 9.90. The summed E-state index contributed by atoms with van der Waals surface area (Å²) in [4.78, 5) is 14.2. The summed E-state index contributed by atoms with van der Waals surface area (Å²) >= 11 is 0. The van der Waals surface area contributed by atoms with Crippen molar-refractivity contribution in [2.24, 2.45) is 0 Å². The van der Waals surface area contributed by atoms with Crippen LogP contribution in [-0.4, -0.2) is 30.6 Å². The number of nitrogens with zero attached hydrogens (tertiary/aromatic N) is 1. The number of carbonyl (C=O) groups excluding carboxylic acids is 1. The van der Waals surface area contributed by atoms with Crippen LogP contribution < -0.4 is 9.47 Å². The molecule has 23 heavy (non-hydrogen) atoms. The van der Waals surface area contributed by atoms with Crippen molar-refractivity contribution in [3.63, 3.8) is 0 Å². The lowest BCUT2D eigenvalue weighted by Crippen LogP contribution is -2.61. The second-order valence-corrected chi connectivity index (χ2v) is 5.35. The number of carbonyl (C=O) groups is 1. The van der Waals surface area contributed by atoms with Crippen molar-refractivity contribution < 1.29 is 14.3 Å². The number of rotatable bonds is 6. The Labute approximate surface area is 135 Å². The fraction of sp³-hybridized carbons (Fsp3) is 0.211. The molecule has 0 radical (unpaired) electrons. The van der Waals surface area contributed by atoms with Gasteiger partial charge in [-0.05, 0) is 29.8 Å². The van der Waals surface area contributed by atoms with E-state index in [-0.39, 0.29) is 11.9 Å². The molecule has 0 spiro atoms. The minimum absolute atomic E-state index is 0.0189. The summed E-state index contributed by atoms with van der Waals surface area (Å²) in [5.74, 6) is 1.47. The molecule has 1 amide bonds. The van der Waals surface area contributed by atoms with E-state index in [1.54, 1.807) is 18.1 Å². The molecule has 0 saturated carbocycles. The van der Waals surface area contributed by atoms with Crippen molar-refractivity contribution in [2.75, 3.05) is 13.7 Å². The van der Waals surface area contributed by atoms with Crippen LogP contribution in [0.1, 0.15) is 11.6 Å². The predicted octanol–water partition coefficient (Wildman–Crippen LogP) is 3.21. The Balaban J connectivity index is 1.84. The first-order valence-electron chi connectivity index (χ1n) is 7.51. The molecule has 4 heteroatoms. The Morgan fingerprint density at radius 3 is 2.39 bits per heavy atom. The third-order valence-corrected chi connectivity index (χ3v) is 3.94. The van der Waals surface area contributed by atoms with Crippen LogP contribution in [0, 0.1) is 0 Å². The van der Waals surface area contributed by atoms with Crippen LogP contribution >= 0.6 is 0 Å². The largest absolute Gasteiger partial charge is 0.497 e. The number of hydrogen-bond donors (Lipinski definition) is 0. The van der Waals surface area contributed by atoms with E-state index in [4.69, 9.17) is 9.47 Å². The summed E-state index contributed by atoms with van der Waals surface area (Å²) in [5.41, 5.74) is 1.02. The molecule has 1 saturated heterocycles. The maximum Gasteiger partial charge on any atom is 0.267 e. The molecule has 2 aromatic carbocycles. The molecule has 0 aliphatic carbocycles. The van der Waals surface area contributed by atoms with Crippen LogP contribution in [-0.2, 0) is 4.79 Å². The molecule has 0 bridgehead atoms. The standard InChI is InChI=1S/C19H19NO3/c1-3-13-20-17(14-9-11-15(22-2)12-10-14)18(19(20)21)23-16-7-5-4-6-8-16/h3-12,17-18H,1,13H2,2H3/t17-,18+/m1/s1. The number of para-hydroxylation sites is 1. The first-order chi connectivity index (χ1) is 11.2. The molecule has 4 nitrogen and oxygen atoms in total. The second kappa shape index (κ2) is 6.57. The number of β-lactam (4-membered cyclic amide) rings is 1. The molecule has 1 fully saturated rings. The highest BCUT2D eigenvalue weighted by molar-refractivity contribution is 5.89.